The Labute approximate surface area is 109 Å². The van der Waals surface area contributed by atoms with E-state index in [1.54, 1.807) is 12.2 Å². The number of carbonyl (C=O) groups excluding carboxylic acids is 1. The Balaban J connectivity index is 3.55. The normalized spacial score (nSPS) is 11.5. The lowest BCUT2D eigenvalue weighted by molar-refractivity contribution is -0.140. The van der Waals surface area contributed by atoms with Gasteiger partial charge in [0.15, 0.2) is 0 Å². The number of carbonyl (C=O) groups is 1. The van der Waals surface area contributed by atoms with Crippen LogP contribution in [0, 0.1) is 5.41 Å². The van der Waals surface area contributed by atoms with Crippen LogP contribution in [0.5, 0.6) is 0 Å². The molecule has 4 nitrogen and oxygen atoms in total. The molecule has 0 radical (unpaired) electrons. The summed E-state index contributed by atoms with van der Waals surface area (Å²) in [5.74, 6) is -0.746. The standard InChI is InChI=1S/C9H12Cl3NO3/c1-7(14)15-5-3-2-4-6-16-8(13)9(10,11)12/h2,4,13H,3,5-6H2,1H3/b4-2-,13-8?. The highest BCUT2D eigenvalue weighted by atomic mass is 35.6. The Morgan fingerprint density at radius 3 is 2.44 bits per heavy atom. The number of ether oxygens (including phenoxy) is 2. The van der Waals surface area contributed by atoms with Gasteiger partial charge in [-0.05, 0) is 6.42 Å². The van der Waals surface area contributed by atoms with E-state index in [0.717, 1.165) is 0 Å². The Hall–Kier alpha value is -0.450. The fourth-order valence-electron chi connectivity index (χ4n) is 0.670. The van der Waals surface area contributed by atoms with Crippen molar-refractivity contribution in [3.05, 3.63) is 12.2 Å². The van der Waals surface area contributed by atoms with E-state index in [-0.39, 0.29) is 12.6 Å². The van der Waals surface area contributed by atoms with Gasteiger partial charge in [0.2, 0.25) is 5.90 Å². The van der Waals surface area contributed by atoms with Crippen molar-refractivity contribution in [2.75, 3.05) is 13.2 Å². The second-order valence-corrected chi connectivity index (χ2v) is 5.02. The first kappa shape index (κ1) is 15.6. The van der Waals surface area contributed by atoms with Gasteiger partial charge in [0, 0.05) is 6.92 Å². The molecule has 0 unspecified atom stereocenters. The molecule has 0 fully saturated rings. The summed E-state index contributed by atoms with van der Waals surface area (Å²) in [4.78, 5) is 10.4. The molecule has 16 heavy (non-hydrogen) atoms. The molecule has 92 valence electrons. The van der Waals surface area contributed by atoms with Crippen molar-refractivity contribution in [2.45, 2.75) is 17.1 Å². The summed E-state index contributed by atoms with van der Waals surface area (Å²) >= 11 is 16.1. The van der Waals surface area contributed by atoms with Crippen LogP contribution in [0.1, 0.15) is 13.3 Å². The van der Waals surface area contributed by atoms with Crippen LogP contribution in [0.4, 0.5) is 0 Å². The van der Waals surface area contributed by atoms with Crippen LogP contribution in [0.15, 0.2) is 12.2 Å². The Bertz CT molecular complexity index is 274. The minimum Gasteiger partial charge on any atom is -0.474 e. The fraction of sp³-hybridized carbons (Fsp3) is 0.556. The monoisotopic (exact) mass is 287 g/mol. The quantitative estimate of drug-likeness (QED) is 0.211. The Morgan fingerprint density at radius 1 is 1.31 bits per heavy atom. The molecule has 0 heterocycles. The van der Waals surface area contributed by atoms with Crippen molar-refractivity contribution in [1.29, 1.82) is 5.41 Å². The molecule has 0 amide bonds. The molecule has 0 aliphatic carbocycles. The van der Waals surface area contributed by atoms with Gasteiger partial charge in [-0.25, -0.2) is 0 Å². The molecule has 0 spiro atoms. The molecule has 0 rings (SSSR count). The predicted octanol–water partition coefficient (Wildman–Crippen LogP) is 2.86. The zero-order chi connectivity index (χ0) is 12.6. The van der Waals surface area contributed by atoms with Gasteiger partial charge in [-0.15, -0.1) is 0 Å². The minimum atomic E-state index is -1.83. The molecular formula is C9H12Cl3NO3. The largest absolute Gasteiger partial charge is 0.474 e. The van der Waals surface area contributed by atoms with Gasteiger partial charge in [-0.2, -0.15) is 0 Å². The molecule has 0 atom stereocenters. The second kappa shape index (κ2) is 7.76. The first-order valence-electron chi connectivity index (χ1n) is 4.41. The molecule has 0 aromatic carbocycles. The molecule has 0 aromatic rings. The van der Waals surface area contributed by atoms with Crippen LogP contribution in [-0.4, -0.2) is 28.9 Å². The summed E-state index contributed by atoms with van der Waals surface area (Å²) in [6.07, 6.45) is 3.97. The highest BCUT2D eigenvalue weighted by Crippen LogP contribution is 2.27. The second-order valence-electron chi connectivity index (χ2n) is 2.74. The first-order chi connectivity index (χ1) is 7.34. The third-order valence-corrected chi connectivity index (χ3v) is 1.85. The molecule has 1 N–H and O–H groups in total. The van der Waals surface area contributed by atoms with E-state index in [2.05, 4.69) is 4.74 Å². The maximum Gasteiger partial charge on any atom is 0.302 e. The molecule has 0 saturated heterocycles. The zero-order valence-corrected chi connectivity index (χ0v) is 10.9. The SMILES string of the molecule is CC(=O)OCC/C=C\COC(=N)C(Cl)(Cl)Cl. The number of hydrogen-bond donors (Lipinski definition) is 1. The van der Waals surface area contributed by atoms with Gasteiger partial charge in [0.1, 0.15) is 6.61 Å². The van der Waals surface area contributed by atoms with Crippen LogP contribution in [-0.2, 0) is 14.3 Å². The smallest absolute Gasteiger partial charge is 0.302 e. The molecular weight excluding hydrogens is 276 g/mol. The third kappa shape index (κ3) is 8.83. The van der Waals surface area contributed by atoms with E-state index in [1.165, 1.54) is 6.92 Å². The molecule has 0 aliphatic heterocycles. The average molecular weight is 289 g/mol. The number of nitrogens with one attached hydrogen (secondary N) is 1. The van der Waals surface area contributed by atoms with E-state index >= 15 is 0 Å². The molecule has 0 saturated carbocycles. The molecule has 0 bridgehead atoms. The lowest BCUT2D eigenvalue weighted by Gasteiger charge is -2.11. The van der Waals surface area contributed by atoms with E-state index < -0.39 is 9.69 Å². The third-order valence-electron chi connectivity index (χ3n) is 1.34. The number of esters is 1. The minimum absolute atomic E-state index is 0.132. The van der Waals surface area contributed by atoms with Crippen molar-refractivity contribution in [1.82, 2.24) is 0 Å². The predicted molar refractivity (Wildman–Crippen MR) is 64.4 cm³/mol. The molecule has 7 heteroatoms. The topological polar surface area (TPSA) is 59.4 Å². The summed E-state index contributed by atoms with van der Waals surface area (Å²) in [7, 11) is 0. The average Bonchev–Trinajstić information content (AvgIpc) is 2.14. The zero-order valence-electron chi connectivity index (χ0n) is 8.63. The van der Waals surface area contributed by atoms with Crippen LogP contribution in [0.3, 0.4) is 0 Å². The molecule has 0 aliphatic rings. The Kier molecular flexibility index (Phi) is 7.55. The van der Waals surface area contributed by atoms with Crippen molar-refractivity contribution < 1.29 is 14.3 Å². The van der Waals surface area contributed by atoms with Crippen LogP contribution in [0.2, 0.25) is 0 Å². The summed E-state index contributed by atoms with van der Waals surface area (Å²) in [5.41, 5.74) is 0. The summed E-state index contributed by atoms with van der Waals surface area (Å²) < 4.78 is 7.69. The van der Waals surface area contributed by atoms with Gasteiger partial charge >= 0.3 is 5.97 Å². The van der Waals surface area contributed by atoms with Crippen LogP contribution in [0.25, 0.3) is 0 Å². The highest BCUT2D eigenvalue weighted by molar-refractivity contribution is 6.76. The summed E-state index contributed by atoms with van der Waals surface area (Å²) in [5, 5.41) is 7.19. The van der Waals surface area contributed by atoms with E-state index in [1.807, 2.05) is 0 Å². The number of hydrogen-bond acceptors (Lipinski definition) is 4. The number of rotatable bonds is 5. The first-order valence-corrected chi connectivity index (χ1v) is 5.54. The maximum absolute atomic E-state index is 10.4. The van der Waals surface area contributed by atoms with Crippen molar-refractivity contribution >= 4 is 46.7 Å². The Morgan fingerprint density at radius 2 is 1.94 bits per heavy atom. The fourth-order valence-corrected chi connectivity index (χ4v) is 0.834. The number of alkyl halides is 3. The lowest BCUT2D eigenvalue weighted by atomic mass is 10.4. The lowest BCUT2D eigenvalue weighted by Crippen LogP contribution is -2.21. The summed E-state index contributed by atoms with van der Waals surface area (Å²) in [6.45, 7) is 1.79. The van der Waals surface area contributed by atoms with Gasteiger partial charge in [-0.3, -0.25) is 10.2 Å². The van der Waals surface area contributed by atoms with Gasteiger partial charge < -0.3 is 9.47 Å². The van der Waals surface area contributed by atoms with E-state index in [0.29, 0.717) is 13.0 Å². The van der Waals surface area contributed by atoms with E-state index in [4.69, 9.17) is 44.9 Å². The van der Waals surface area contributed by atoms with Crippen LogP contribution < -0.4 is 0 Å². The molecule has 0 aromatic heterocycles. The maximum atomic E-state index is 10.4. The van der Waals surface area contributed by atoms with Gasteiger partial charge in [-0.1, -0.05) is 47.0 Å². The van der Waals surface area contributed by atoms with Crippen molar-refractivity contribution in [3.8, 4) is 0 Å². The van der Waals surface area contributed by atoms with E-state index in [9.17, 15) is 4.79 Å². The number of halogens is 3. The van der Waals surface area contributed by atoms with Crippen LogP contribution >= 0.6 is 34.8 Å². The van der Waals surface area contributed by atoms with Crippen molar-refractivity contribution in [2.24, 2.45) is 0 Å². The van der Waals surface area contributed by atoms with Crippen molar-refractivity contribution in [3.63, 3.8) is 0 Å². The summed E-state index contributed by atoms with van der Waals surface area (Å²) in [6, 6.07) is 0. The van der Waals surface area contributed by atoms with Gasteiger partial charge in [0.05, 0.1) is 6.61 Å². The highest BCUT2D eigenvalue weighted by Gasteiger charge is 2.28. The van der Waals surface area contributed by atoms with Gasteiger partial charge in [0.25, 0.3) is 3.79 Å².